The lowest BCUT2D eigenvalue weighted by atomic mass is 9.67. The van der Waals surface area contributed by atoms with E-state index in [4.69, 9.17) is 0 Å². The lowest BCUT2D eigenvalue weighted by molar-refractivity contribution is -0.146. The zero-order valence-electron chi connectivity index (χ0n) is 11.0. The van der Waals surface area contributed by atoms with Crippen molar-refractivity contribution in [2.24, 2.45) is 5.41 Å². The molecule has 0 fully saturated rings. The molecule has 0 radical (unpaired) electrons. The van der Waals surface area contributed by atoms with Gasteiger partial charge in [0, 0.05) is 5.92 Å². The average Bonchev–Trinajstić information content (AvgIpc) is 2.37. The van der Waals surface area contributed by atoms with E-state index in [1.165, 1.54) is 5.56 Å². The maximum Gasteiger partial charge on any atom is 0.313 e. The molecule has 0 bridgehead atoms. The van der Waals surface area contributed by atoms with Crippen molar-refractivity contribution in [3.63, 3.8) is 0 Å². The van der Waals surface area contributed by atoms with Gasteiger partial charge >= 0.3 is 5.97 Å². The van der Waals surface area contributed by atoms with Crippen molar-refractivity contribution in [3.05, 3.63) is 41.5 Å². The molecule has 0 unspecified atom stereocenters. The van der Waals surface area contributed by atoms with E-state index < -0.39 is 11.4 Å². The second-order valence-electron chi connectivity index (χ2n) is 5.24. The van der Waals surface area contributed by atoms with Crippen molar-refractivity contribution in [2.45, 2.75) is 39.0 Å². The van der Waals surface area contributed by atoms with E-state index in [1.807, 2.05) is 31.2 Å². The van der Waals surface area contributed by atoms with Gasteiger partial charge < -0.3 is 5.11 Å². The fourth-order valence-electron chi connectivity index (χ4n) is 2.77. The average molecular weight is 244 g/mol. The van der Waals surface area contributed by atoms with Crippen LogP contribution in [-0.4, -0.2) is 11.1 Å². The second-order valence-corrected chi connectivity index (χ2v) is 5.24. The van der Waals surface area contributed by atoms with Gasteiger partial charge in [-0.1, -0.05) is 56.2 Å². The number of unbranched alkanes of at least 4 members (excludes halogenated alkanes) is 1. The van der Waals surface area contributed by atoms with Gasteiger partial charge in [-0.15, -0.1) is 0 Å². The molecule has 0 heterocycles. The standard InChI is InChI=1S/C16H20O2/c1-3-4-9-14-13-8-6-5-7-12(13)10-11-16(14,2)15(17)18/h5-8,10-11,14H,3-4,9H2,1-2H3,(H,17,18)/t14-,16-/m1/s1. The number of hydrogen-bond acceptors (Lipinski definition) is 1. The molecule has 0 spiro atoms. The molecule has 1 aliphatic rings. The zero-order valence-corrected chi connectivity index (χ0v) is 11.0. The Bertz CT molecular complexity index is 476. The lowest BCUT2D eigenvalue weighted by Crippen LogP contribution is -2.34. The van der Waals surface area contributed by atoms with E-state index in [-0.39, 0.29) is 5.92 Å². The summed E-state index contributed by atoms with van der Waals surface area (Å²) in [7, 11) is 0. The molecule has 1 N–H and O–H groups in total. The highest BCUT2D eigenvalue weighted by atomic mass is 16.4. The second kappa shape index (κ2) is 4.97. The minimum absolute atomic E-state index is 0.0798. The lowest BCUT2D eigenvalue weighted by Gasteiger charge is -2.35. The quantitative estimate of drug-likeness (QED) is 0.866. The maximum absolute atomic E-state index is 11.6. The molecule has 2 heteroatoms. The predicted octanol–water partition coefficient (Wildman–Crippen LogP) is 4.08. The van der Waals surface area contributed by atoms with Crippen LogP contribution in [0.5, 0.6) is 0 Å². The third kappa shape index (κ3) is 2.07. The molecule has 2 atom stereocenters. The summed E-state index contributed by atoms with van der Waals surface area (Å²) in [6, 6.07) is 8.13. The summed E-state index contributed by atoms with van der Waals surface area (Å²) in [5.41, 5.74) is 1.57. The first-order valence-electron chi connectivity index (χ1n) is 6.61. The number of carboxylic acid groups (broad SMARTS) is 1. The van der Waals surface area contributed by atoms with Crippen LogP contribution in [0.2, 0.25) is 0 Å². The van der Waals surface area contributed by atoms with Gasteiger partial charge in [0.1, 0.15) is 0 Å². The van der Waals surface area contributed by atoms with Crippen LogP contribution in [0.1, 0.15) is 50.2 Å². The highest BCUT2D eigenvalue weighted by Gasteiger charge is 2.42. The first kappa shape index (κ1) is 12.9. The largest absolute Gasteiger partial charge is 0.481 e. The number of aliphatic carboxylic acids is 1. The van der Waals surface area contributed by atoms with Gasteiger partial charge in [-0.3, -0.25) is 4.79 Å². The zero-order chi connectivity index (χ0) is 13.2. The molecule has 0 saturated carbocycles. The Morgan fingerprint density at radius 3 is 2.78 bits per heavy atom. The third-order valence-electron chi connectivity index (χ3n) is 4.01. The molecule has 0 amide bonds. The van der Waals surface area contributed by atoms with Gasteiger partial charge in [-0.2, -0.15) is 0 Å². The van der Waals surface area contributed by atoms with E-state index in [0.717, 1.165) is 24.8 Å². The molecular weight excluding hydrogens is 224 g/mol. The minimum atomic E-state index is -0.774. The topological polar surface area (TPSA) is 37.3 Å². The Balaban J connectivity index is 2.44. The van der Waals surface area contributed by atoms with Crippen molar-refractivity contribution < 1.29 is 9.90 Å². The summed E-state index contributed by atoms with van der Waals surface area (Å²) >= 11 is 0. The number of hydrogen-bond donors (Lipinski definition) is 1. The summed E-state index contributed by atoms with van der Waals surface area (Å²) in [6.45, 7) is 3.98. The Labute approximate surface area is 108 Å². The number of benzene rings is 1. The van der Waals surface area contributed by atoms with E-state index in [1.54, 1.807) is 0 Å². The van der Waals surface area contributed by atoms with Gasteiger partial charge in [0.15, 0.2) is 0 Å². The molecule has 1 aliphatic carbocycles. The highest BCUT2D eigenvalue weighted by molar-refractivity contribution is 5.82. The molecular formula is C16H20O2. The van der Waals surface area contributed by atoms with Crippen molar-refractivity contribution in [1.82, 2.24) is 0 Å². The van der Waals surface area contributed by atoms with Crippen LogP contribution in [0.25, 0.3) is 6.08 Å². The van der Waals surface area contributed by atoms with Crippen LogP contribution in [-0.2, 0) is 4.79 Å². The number of carbonyl (C=O) groups is 1. The summed E-state index contributed by atoms with van der Waals surface area (Å²) in [5, 5.41) is 9.54. The first-order chi connectivity index (χ1) is 8.59. The molecule has 0 aromatic heterocycles. The van der Waals surface area contributed by atoms with Crippen LogP contribution in [0.4, 0.5) is 0 Å². The van der Waals surface area contributed by atoms with E-state index in [0.29, 0.717) is 0 Å². The first-order valence-corrected chi connectivity index (χ1v) is 6.61. The predicted molar refractivity (Wildman–Crippen MR) is 73.5 cm³/mol. The maximum atomic E-state index is 11.6. The van der Waals surface area contributed by atoms with E-state index in [9.17, 15) is 9.90 Å². The Hall–Kier alpha value is -1.57. The van der Waals surface area contributed by atoms with Gasteiger partial charge in [0.05, 0.1) is 5.41 Å². The van der Waals surface area contributed by atoms with E-state index in [2.05, 4.69) is 19.1 Å². The minimum Gasteiger partial charge on any atom is -0.481 e. The molecule has 18 heavy (non-hydrogen) atoms. The van der Waals surface area contributed by atoms with Crippen molar-refractivity contribution >= 4 is 12.0 Å². The summed E-state index contributed by atoms with van der Waals surface area (Å²) in [6.07, 6.45) is 6.90. The van der Waals surface area contributed by atoms with Crippen LogP contribution in [0.15, 0.2) is 30.3 Å². The molecule has 1 aromatic rings. The van der Waals surface area contributed by atoms with Gasteiger partial charge in [0.2, 0.25) is 0 Å². The molecule has 0 aliphatic heterocycles. The SMILES string of the molecule is CCCC[C@@H]1c2ccccc2C=C[C@@]1(C)C(=O)O. The van der Waals surface area contributed by atoms with Crippen molar-refractivity contribution in [2.75, 3.05) is 0 Å². The number of rotatable bonds is 4. The van der Waals surface area contributed by atoms with Crippen molar-refractivity contribution in [1.29, 1.82) is 0 Å². The van der Waals surface area contributed by atoms with Crippen LogP contribution < -0.4 is 0 Å². The van der Waals surface area contributed by atoms with Gasteiger partial charge in [-0.25, -0.2) is 0 Å². The normalized spacial score (nSPS) is 25.8. The van der Waals surface area contributed by atoms with Crippen LogP contribution >= 0.6 is 0 Å². The Morgan fingerprint density at radius 1 is 1.39 bits per heavy atom. The third-order valence-corrected chi connectivity index (χ3v) is 4.01. The van der Waals surface area contributed by atoms with E-state index >= 15 is 0 Å². The Kier molecular flexibility index (Phi) is 3.55. The molecule has 1 aromatic carbocycles. The molecule has 96 valence electrons. The highest BCUT2D eigenvalue weighted by Crippen LogP contribution is 2.46. The molecule has 0 saturated heterocycles. The van der Waals surface area contributed by atoms with Crippen LogP contribution in [0, 0.1) is 5.41 Å². The summed E-state index contributed by atoms with van der Waals surface area (Å²) < 4.78 is 0. The summed E-state index contributed by atoms with van der Waals surface area (Å²) in [4.78, 5) is 11.6. The smallest absolute Gasteiger partial charge is 0.313 e. The molecule has 2 rings (SSSR count). The van der Waals surface area contributed by atoms with Gasteiger partial charge in [0.25, 0.3) is 0 Å². The Morgan fingerprint density at radius 2 is 2.11 bits per heavy atom. The fraction of sp³-hybridized carbons (Fsp3) is 0.438. The monoisotopic (exact) mass is 244 g/mol. The van der Waals surface area contributed by atoms with Crippen molar-refractivity contribution in [3.8, 4) is 0 Å². The number of carboxylic acids is 1. The summed E-state index contributed by atoms with van der Waals surface area (Å²) in [5.74, 6) is -0.648. The van der Waals surface area contributed by atoms with Crippen LogP contribution in [0.3, 0.4) is 0 Å². The number of fused-ring (bicyclic) bond motifs is 1. The van der Waals surface area contributed by atoms with Gasteiger partial charge in [-0.05, 0) is 24.5 Å². The molecule has 2 nitrogen and oxygen atoms in total. The fourth-order valence-corrected chi connectivity index (χ4v) is 2.77.